The number of hydrogen-bond acceptors (Lipinski definition) is 6. The first kappa shape index (κ1) is 30.3. The Morgan fingerprint density at radius 2 is 1.48 bits per heavy atom. The van der Waals surface area contributed by atoms with Crippen LogP contribution in [0, 0.1) is 0 Å². The molecule has 0 bridgehead atoms. The van der Waals surface area contributed by atoms with Crippen LogP contribution < -0.4 is 19.8 Å². The van der Waals surface area contributed by atoms with Gasteiger partial charge in [-0.05, 0) is 78.2 Å². The van der Waals surface area contributed by atoms with Crippen LogP contribution >= 0.6 is 11.6 Å². The van der Waals surface area contributed by atoms with Crippen LogP contribution in [0.1, 0.15) is 11.1 Å². The first-order valence-electron chi connectivity index (χ1n) is 13.0. The van der Waals surface area contributed by atoms with Gasteiger partial charge in [0.15, 0.2) is 6.61 Å². The molecule has 0 unspecified atom stereocenters. The molecular formula is C31H29ClN4O5S. The summed E-state index contributed by atoms with van der Waals surface area (Å²) in [5.74, 6) is -0.354. The molecule has 0 aliphatic carbocycles. The SMILES string of the molecule is O=C(COc1ccc(/C=N\NC(=O)CN(c2ccccc2)S(=O)(=O)c2ccc(Cl)cc2)cc1)NCCc1ccccc1. The standard InChI is InChI=1S/C31H29ClN4O5S/c32-26-13-17-29(18-14-26)42(39,40)36(27-9-5-2-6-10-27)22-30(37)35-34-21-25-11-15-28(16-12-25)41-23-31(38)33-20-19-24-7-3-1-4-8-24/h1-18,21H,19-20,22-23H2,(H,33,38)(H,35,37)/b34-21-. The number of hydrazone groups is 1. The Balaban J connectivity index is 1.28. The van der Waals surface area contributed by atoms with Gasteiger partial charge in [0.1, 0.15) is 12.3 Å². The fourth-order valence-corrected chi connectivity index (χ4v) is 5.38. The zero-order valence-corrected chi connectivity index (χ0v) is 24.1. The van der Waals surface area contributed by atoms with E-state index in [4.69, 9.17) is 16.3 Å². The summed E-state index contributed by atoms with van der Waals surface area (Å²) in [6, 6.07) is 30.7. The zero-order chi connectivity index (χ0) is 29.8. The van der Waals surface area contributed by atoms with Gasteiger partial charge < -0.3 is 10.1 Å². The van der Waals surface area contributed by atoms with E-state index in [1.807, 2.05) is 30.3 Å². The highest BCUT2D eigenvalue weighted by Crippen LogP contribution is 2.24. The molecule has 0 saturated carbocycles. The summed E-state index contributed by atoms with van der Waals surface area (Å²) in [6.45, 7) is -0.0921. The Labute approximate surface area is 249 Å². The molecule has 9 nitrogen and oxygen atoms in total. The molecule has 42 heavy (non-hydrogen) atoms. The van der Waals surface area contributed by atoms with Crippen LogP contribution in [0.25, 0.3) is 0 Å². The Morgan fingerprint density at radius 3 is 2.14 bits per heavy atom. The number of carbonyl (C=O) groups is 2. The number of anilines is 1. The van der Waals surface area contributed by atoms with Gasteiger partial charge in [-0.15, -0.1) is 0 Å². The number of rotatable bonds is 13. The van der Waals surface area contributed by atoms with E-state index in [9.17, 15) is 18.0 Å². The second-order valence-corrected chi connectivity index (χ2v) is 11.3. The third kappa shape index (κ3) is 8.92. The molecule has 4 aromatic carbocycles. The number of halogens is 1. The Kier molecular flexibility index (Phi) is 10.7. The van der Waals surface area contributed by atoms with E-state index in [0.717, 1.165) is 16.3 Å². The van der Waals surface area contributed by atoms with Gasteiger partial charge in [-0.25, -0.2) is 13.8 Å². The fourth-order valence-electron chi connectivity index (χ4n) is 3.83. The highest BCUT2D eigenvalue weighted by molar-refractivity contribution is 7.92. The highest BCUT2D eigenvalue weighted by Gasteiger charge is 2.27. The van der Waals surface area contributed by atoms with E-state index < -0.39 is 22.5 Å². The maximum Gasteiger partial charge on any atom is 0.264 e. The van der Waals surface area contributed by atoms with E-state index in [1.54, 1.807) is 54.6 Å². The highest BCUT2D eigenvalue weighted by atomic mass is 35.5. The van der Waals surface area contributed by atoms with Gasteiger partial charge >= 0.3 is 0 Å². The van der Waals surface area contributed by atoms with Crippen molar-refractivity contribution in [2.75, 3.05) is 24.0 Å². The maximum absolute atomic E-state index is 13.3. The average Bonchev–Trinajstić information content (AvgIpc) is 3.00. The van der Waals surface area contributed by atoms with Crippen molar-refractivity contribution in [2.45, 2.75) is 11.3 Å². The molecule has 4 rings (SSSR count). The summed E-state index contributed by atoms with van der Waals surface area (Å²) in [5, 5.41) is 7.17. The summed E-state index contributed by atoms with van der Waals surface area (Å²) >= 11 is 5.91. The van der Waals surface area contributed by atoms with Crippen LogP contribution in [-0.2, 0) is 26.0 Å². The molecule has 0 aromatic heterocycles. The quantitative estimate of drug-likeness (QED) is 0.173. The number of nitrogens with zero attached hydrogens (tertiary/aromatic N) is 2. The minimum absolute atomic E-state index is 0.000899. The van der Waals surface area contributed by atoms with Crippen molar-refractivity contribution in [2.24, 2.45) is 5.10 Å². The molecule has 2 N–H and O–H groups in total. The largest absolute Gasteiger partial charge is 0.484 e. The number of amides is 2. The fraction of sp³-hybridized carbons (Fsp3) is 0.129. The van der Waals surface area contributed by atoms with Crippen molar-refractivity contribution >= 4 is 45.3 Å². The lowest BCUT2D eigenvalue weighted by Gasteiger charge is -2.23. The lowest BCUT2D eigenvalue weighted by molar-refractivity contribution is -0.123. The van der Waals surface area contributed by atoms with Crippen LogP contribution in [0.5, 0.6) is 5.75 Å². The van der Waals surface area contributed by atoms with Crippen LogP contribution in [0.15, 0.2) is 119 Å². The van der Waals surface area contributed by atoms with E-state index in [2.05, 4.69) is 15.8 Å². The second-order valence-electron chi connectivity index (χ2n) is 9.04. The van der Waals surface area contributed by atoms with E-state index in [0.29, 0.717) is 28.6 Å². The smallest absolute Gasteiger partial charge is 0.264 e. The van der Waals surface area contributed by atoms with Crippen LogP contribution in [-0.4, -0.2) is 46.1 Å². The van der Waals surface area contributed by atoms with Crippen LogP contribution in [0.2, 0.25) is 5.02 Å². The number of hydrogen-bond donors (Lipinski definition) is 2. The average molecular weight is 605 g/mol. The Morgan fingerprint density at radius 1 is 0.833 bits per heavy atom. The van der Waals surface area contributed by atoms with E-state index >= 15 is 0 Å². The van der Waals surface area contributed by atoms with Gasteiger partial charge in [-0.3, -0.25) is 13.9 Å². The van der Waals surface area contributed by atoms with E-state index in [-0.39, 0.29) is 17.4 Å². The number of benzene rings is 4. The molecule has 216 valence electrons. The summed E-state index contributed by atoms with van der Waals surface area (Å²) in [5.41, 5.74) is 4.49. The molecule has 0 fully saturated rings. The normalized spacial score (nSPS) is 11.2. The van der Waals surface area contributed by atoms with Gasteiger partial charge in [0.05, 0.1) is 16.8 Å². The second kappa shape index (κ2) is 14.8. The molecule has 0 saturated heterocycles. The van der Waals surface area contributed by atoms with Crippen molar-refractivity contribution in [3.05, 3.63) is 125 Å². The first-order valence-corrected chi connectivity index (χ1v) is 14.8. The number of para-hydroxylation sites is 1. The molecular weight excluding hydrogens is 576 g/mol. The minimum Gasteiger partial charge on any atom is -0.484 e. The number of sulfonamides is 1. The summed E-state index contributed by atoms with van der Waals surface area (Å²) in [6.07, 6.45) is 2.15. The topological polar surface area (TPSA) is 117 Å². The van der Waals surface area contributed by atoms with Crippen molar-refractivity contribution in [1.29, 1.82) is 0 Å². The molecule has 4 aromatic rings. The molecule has 0 aliphatic rings. The summed E-state index contributed by atoms with van der Waals surface area (Å²) < 4.78 is 33.2. The number of ether oxygens (including phenoxy) is 1. The predicted molar refractivity (Wildman–Crippen MR) is 163 cm³/mol. The predicted octanol–water partition coefficient (Wildman–Crippen LogP) is 4.42. The molecule has 0 spiro atoms. The van der Waals surface area contributed by atoms with Gasteiger partial charge in [-0.2, -0.15) is 5.10 Å². The van der Waals surface area contributed by atoms with Crippen LogP contribution in [0.3, 0.4) is 0 Å². The maximum atomic E-state index is 13.3. The third-order valence-electron chi connectivity index (χ3n) is 5.96. The first-order chi connectivity index (χ1) is 20.3. The minimum atomic E-state index is -4.06. The van der Waals surface area contributed by atoms with Crippen molar-refractivity contribution < 1.29 is 22.7 Å². The van der Waals surface area contributed by atoms with Crippen molar-refractivity contribution in [3.8, 4) is 5.75 Å². The molecule has 0 heterocycles. The molecule has 0 aliphatic heterocycles. The molecule has 0 radical (unpaired) electrons. The summed E-state index contributed by atoms with van der Waals surface area (Å²) in [4.78, 5) is 24.8. The lowest BCUT2D eigenvalue weighted by Crippen LogP contribution is -2.39. The van der Waals surface area contributed by atoms with Gasteiger partial charge in [-0.1, -0.05) is 60.1 Å². The molecule has 11 heteroatoms. The summed E-state index contributed by atoms with van der Waals surface area (Å²) in [7, 11) is -4.06. The Hall–Kier alpha value is -4.67. The number of nitrogens with one attached hydrogen (secondary N) is 2. The third-order valence-corrected chi connectivity index (χ3v) is 8.00. The Bertz CT molecular complexity index is 1600. The van der Waals surface area contributed by atoms with Crippen molar-refractivity contribution in [1.82, 2.24) is 10.7 Å². The molecule has 2 amide bonds. The van der Waals surface area contributed by atoms with Crippen LogP contribution in [0.4, 0.5) is 5.69 Å². The van der Waals surface area contributed by atoms with Gasteiger partial charge in [0, 0.05) is 11.6 Å². The van der Waals surface area contributed by atoms with Gasteiger partial charge in [0.25, 0.3) is 21.8 Å². The van der Waals surface area contributed by atoms with E-state index in [1.165, 1.54) is 30.5 Å². The lowest BCUT2D eigenvalue weighted by atomic mass is 10.1. The van der Waals surface area contributed by atoms with Crippen molar-refractivity contribution in [3.63, 3.8) is 0 Å². The monoisotopic (exact) mass is 604 g/mol. The van der Waals surface area contributed by atoms with Gasteiger partial charge in [0.2, 0.25) is 0 Å². The number of carbonyl (C=O) groups excluding carboxylic acids is 2. The molecule has 0 atom stereocenters. The zero-order valence-electron chi connectivity index (χ0n) is 22.5.